The van der Waals surface area contributed by atoms with Crippen LogP contribution in [0.3, 0.4) is 0 Å². The number of ketones is 1. The third-order valence-corrected chi connectivity index (χ3v) is 3.37. The summed E-state index contributed by atoms with van der Waals surface area (Å²) in [5, 5.41) is 0. The average Bonchev–Trinajstić information content (AvgIpc) is 2.45. The van der Waals surface area contributed by atoms with Crippen LogP contribution in [0.2, 0.25) is 0 Å². The lowest BCUT2D eigenvalue weighted by molar-refractivity contribution is 0.0985. The maximum atomic E-state index is 12.8. The topological polar surface area (TPSA) is 20.3 Å². The van der Waals surface area contributed by atoms with Crippen molar-refractivity contribution in [2.45, 2.75) is 13.3 Å². The van der Waals surface area contributed by atoms with E-state index in [4.69, 9.17) is 0 Å². The molecule has 0 aromatic heterocycles. The number of carbonyl (C=O) groups is 1. The fourth-order valence-electron chi connectivity index (χ4n) is 2.16. The largest absolute Gasteiger partial charge is 0.374 e. The Balaban J connectivity index is 1.97. The molecule has 2 nitrogen and oxygen atoms in total. The number of halogens is 1. The van der Waals surface area contributed by atoms with Crippen LogP contribution in [0.5, 0.6) is 0 Å². The Bertz CT molecular complexity index is 592. The minimum Gasteiger partial charge on any atom is -0.374 e. The minimum atomic E-state index is -0.321. The zero-order valence-corrected chi connectivity index (χ0v) is 11.8. The third-order valence-electron chi connectivity index (χ3n) is 3.37. The molecule has 0 N–H and O–H groups in total. The van der Waals surface area contributed by atoms with E-state index in [9.17, 15) is 9.18 Å². The molecule has 0 saturated carbocycles. The Morgan fingerprint density at radius 3 is 2.40 bits per heavy atom. The third kappa shape index (κ3) is 3.44. The molecule has 0 aliphatic carbocycles. The van der Waals surface area contributed by atoms with Gasteiger partial charge >= 0.3 is 0 Å². The molecular weight excluding hydrogens is 253 g/mol. The number of rotatable bonds is 5. The fourth-order valence-corrected chi connectivity index (χ4v) is 2.16. The van der Waals surface area contributed by atoms with E-state index in [2.05, 4.69) is 4.90 Å². The van der Waals surface area contributed by atoms with Gasteiger partial charge in [-0.05, 0) is 42.8 Å². The van der Waals surface area contributed by atoms with Gasteiger partial charge in [-0.1, -0.05) is 18.2 Å². The maximum absolute atomic E-state index is 12.8. The van der Waals surface area contributed by atoms with E-state index in [1.54, 1.807) is 0 Å². The molecule has 0 heterocycles. The smallest absolute Gasteiger partial charge is 0.164 e. The molecule has 0 aliphatic rings. The summed E-state index contributed by atoms with van der Waals surface area (Å²) < 4.78 is 12.8. The lowest BCUT2D eigenvalue weighted by Gasteiger charge is -2.20. The molecule has 20 heavy (non-hydrogen) atoms. The van der Waals surface area contributed by atoms with Crippen molar-refractivity contribution in [2.24, 2.45) is 0 Å². The van der Waals surface area contributed by atoms with Gasteiger partial charge in [0, 0.05) is 31.3 Å². The van der Waals surface area contributed by atoms with Crippen LogP contribution in [0.4, 0.5) is 10.1 Å². The first-order chi connectivity index (χ1) is 9.58. The highest BCUT2D eigenvalue weighted by Crippen LogP contribution is 2.18. The Labute approximate surface area is 118 Å². The van der Waals surface area contributed by atoms with Gasteiger partial charge in [0.2, 0.25) is 0 Å². The Hall–Kier alpha value is -2.16. The molecule has 0 atom stereocenters. The van der Waals surface area contributed by atoms with E-state index in [0.717, 1.165) is 5.69 Å². The van der Waals surface area contributed by atoms with E-state index >= 15 is 0 Å². The summed E-state index contributed by atoms with van der Waals surface area (Å²) in [6, 6.07) is 13.8. The monoisotopic (exact) mass is 271 g/mol. The molecule has 2 rings (SSSR count). The molecule has 0 fully saturated rings. The molecule has 2 aromatic rings. The number of hydrogen-bond donors (Lipinski definition) is 0. The lowest BCUT2D eigenvalue weighted by atomic mass is 10.1. The highest BCUT2D eigenvalue weighted by molar-refractivity contribution is 5.96. The van der Waals surface area contributed by atoms with Gasteiger partial charge < -0.3 is 4.90 Å². The highest BCUT2D eigenvalue weighted by atomic mass is 19.1. The summed E-state index contributed by atoms with van der Waals surface area (Å²) in [5.41, 5.74) is 2.87. The van der Waals surface area contributed by atoms with Crippen molar-refractivity contribution < 1.29 is 9.18 Å². The maximum Gasteiger partial charge on any atom is 0.164 e. The lowest BCUT2D eigenvalue weighted by Crippen LogP contribution is -2.21. The second-order valence-electron chi connectivity index (χ2n) is 4.89. The van der Waals surface area contributed by atoms with Crippen LogP contribution in [0.15, 0.2) is 48.5 Å². The van der Waals surface area contributed by atoms with Gasteiger partial charge in [0.05, 0.1) is 0 Å². The van der Waals surface area contributed by atoms with Crippen LogP contribution in [0.1, 0.15) is 22.3 Å². The number of anilines is 1. The molecule has 0 saturated heterocycles. The molecule has 3 heteroatoms. The molecule has 2 aromatic carbocycles. The molecule has 0 amide bonds. The second kappa shape index (κ2) is 6.33. The zero-order valence-electron chi connectivity index (χ0n) is 11.8. The van der Waals surface area contributed by atoms with Crippen molar-refractivity contribution in [2.75, 3.05) is 18.5 Å². The predicted molar refractivity (Wildman–Crippen MR) is 79.8 cm³/mol. The number of aryl methyl sites for hydroxylation is 1. The van der Waals surface area contributed by atoms with Gasteiger partial charge in [0.25, 0.3) is 0 Å². The first-order valence-electron chi connectivity index (χ1n) is 6.63. The van der Waals surface area contributed by atoms with E-state index < -0.39 is 0 Å². The fraction of sp³-hybridized carbons (Fsp3) is 0.235. The van der Waals surface area contributed by atoms with E-state index in [1.807, 2.05) is 38.2 Å². The van der Waals surface area contributed by atoms with Crippen LogP contribution in [0, 0.1) is 12.7 Å². The molecule has 0 radical (unpaired) electrons. The van der Waals surface area contributed by atoms with E-state index in [1.165, 1.54) is 29.8 Å². The summed E-state index contributed by atoms with van der Waals surface area (Å²) in [6.45, 7) is 2.69. The Morgan fingerprint density at radius 2 is 1.75 bits per heavy atom. The highest BCUT2D eigenvalue weighted by Gasteiger charge is 2.09. The van der Waals surface area contributed by atoms with Crippen LogP contribution in [-0.4, -0.2) is 19.4 Å². The van der Waals surface area contributed by atoms with Crippen molar-refractivity contribution in [1.82, 2.24) is 0 Å². The van der Waals surface area contributed by atoms with Gasteiger partial charge in [-0.15, -0.1) is 0 Å². The van der Waals surface area contributed by atoms with Gasteiger partial charge in [-0.25, -0.2) is 4.39 Å². The predicted octanol–water partition coefficient (Wildman–Crippen LogP) is 3.84. The molecular formula is C17H18FNO. The van der Waals surface area contributed by atoms with E-state index in [-0.39, 0.29) is 11.6 Å². The van der Waals surface area contributed by atoms with Gasteiger partial charge in [0.15, 0.2) is 5.78 Å². The van der Waals surface area contributed by atoms with Crippen LogP contribution >= 0.6 is 0 Å². The normalized spacial score (nSPS) is 10.3. The van der Waals surface area contributed by atoms with Crippen molar-refractivity contribution >= 4 is 11.5 Å². The number of Topliss-reactive ketones (excluding diaryl/α,β-unsaturated/α-hetero) is 1. The van der Waals surface area contributed by atoms with Crippen molar-refractivity contribution in [3.63, 3.8) is 0 Å². The summed E-state index contributed by atoms with van der Waals surface area (Å²) in [7, 11) is 1.97. The number of benzene rings is 2. The van der Waals surface area contributed by atoms with Crippen molar-refractivity contribution in [3.05, 3.63) is 65.5 Å². The standard InChI is InChI=1S/C17H18FNO/c1-13-5-3-4-6-16(13)19(2)12-11-17(20)14-7-9-15(18)10-8-14/h3-10H,11-12H2,1-2H3. The summed E-state index contributed by atoms with van der Waals surface area (Å²) in [5.74, 6) is -0.288. The molecule has 0 unspecified atom stereocenters. The SMILES string of the molecule is Cc1ccccc1N(C)CCC(=O)c1ccc(F)cc1. The zero-order chi connectivity index (χ0) is 14.5. The van der Waals surface area contributed by atoms with E-state index in [0.29, 0.717) is 18.5 Å². The first kappa shape index (κ1) is 14.3. The average molecular weight is 271 g/mol. The summed E-state index contributed by atoms with van der Waals surface area (Å²) in [4.78, 5) is 14.1. The van der Waals surface area contributed by atoms with Crippen molar-refractivity contribution in [1.29, 1.82) is 0 Å². The molecule has 104 valence electrons. The van der Waals surface area contributed by atoms with Crippen LogP contribution < -0.4 is 4.90 Å². The van der Waals surface area contributed by atoms with Crippen LogP contribution in [0.25, 0.3) is 0 Å². The summed E-state index contributed by atoms with van der Waals surface area (Å²) >= 11 is 0. The number of carbonyl (C=O) groups excluding carboxylic acids is 1. The number of nitrogens with zero attached hydrogens (tertiary/aromatic N) is 1. The van der Waals surface area contributed by atoms with Crippen molar-refractivity contribution in [3.8, 4) is 0 Å². The molecule has 0 bridgehead atoms. The first-order valence-corrected chi connectivity index (χ1v) is 6.63. The van der Waals surface area contributed by atoms with Gasteiger partial charge in [-0.2, -0.15) is 0 Å². The van der Waals surface area contributed by atoms with Gasteiger partial charge in [-0.3, -0.25) is 4.79 Å². The minimum absolute atomic E-state index is 0.0328. The molecule has 0 aliphatic heterocycles. The Morgan fingerprint density at radius 1 is 1.10 bits per heavy atom. The van der Waals surface area contributed by atoms with Crippen LogP contribution in [-0.2, 0) is 0 Å². The number of para-hydroxylation sites is 1. The quantitative estimate of drug-likeness (QED) is 0.770. The van der Waals surface area contributed by atoms with Gasteiger partial charge in [0.1, 0.15) is 5.82 Å². The Kier molecular flexibility index (Phi) is 4.51. The summed E-state index contributed by atoms with van der Waals surface area (Å²) in [6.07, 6.45) is 0.413. The number of hydrogen-bond acceptors (Lipinski definition) is 2. The molecule has 0 spiro atoms. The second-order valence-corrected chi connectivity index (χ2v) is 4.89.